The van der Waals surface area contributed by atoms with Crippen LogP contribution in [0.15, 0.2) is 42.5 Å². The van der Waals surface area contributed by atoms with E-state index in [0.717, 1.165) is 5.69 Å². The molecule has 0 fully saturated rings. The summed E-state index contributed by atoms with van der Waals surface area (Å²) in [6.45, 7) is 0. The number of carbonyl (C=O) groups is 1. The fourth-order valence-electron chi connectivity index (χ4n) is 1.84. The highest BCUT2D eigenvalue weighted by Gasteiger charge is 2.11. The summed E-state index contributed by atoms with van der Waals surface area (Å²) in [5.41, 5.74) is 8.24. The van der Waals surface area contributed by atoms with Crippen LogP contribution in [0.2, 0.25) is 0 Å². The van der Waals surface area contributed by atoms with E-state index in [-0.39, 0.29) is 5.91 Å². The number of benzene rings is 2. The Morgan fingerprint density at radius 1 is 1.15 bits per heavy atom. The summed E-state index contributed by atoms with van der Waals surface area (Å²) >= 11 is 0. The van der Waals surface area contributed by atoms with E-state index >= 15 is 0 Å². The molecule has 0 aliphatic heterocycles. The van der Waals surface area contributed by atoms with Gasteiger partial charge in [0.1, 0.15) is 5.75 Å². The number of amides is 1. The van der Waals surface area contributed by atoms with Gasteiger partial charge in [0.2, 0.25) is 0 Å². The van der Waals surface area contributed by atoms with E-state index in [2.05, 4.69) is 10.6 Å². The quantitative estimate of drug-likeness (QED) is 0.747. The molecule has 0 radical (unpaired) electrons. The molecule has 0 saturated carbocycles. The zero-order chi connectivity index (χ0) is 14.5. The van der Waals surface area contributed by atoms with Crippen LogP contribution < -0.4 is 21.1 Å². The number of nitrogen functional groups attached to an aromatic ring is 1. The molecule has 20 heavy (non-hydrogen) atoms. The van der Waals surface area contributed by atoms with E-state index < -0.39 is 0 Å². The maximum atomic E-state index is 12.2. The van der Waals surface area contributed by atoms with Gasteiger partial charge in [-0.25, -0.2) is 0 Å². The molecule has 0 saturated heterocycles. The van der Waals surface area contributed by atoms with Gasteiger partial charge in [-0.3, -0.25) is 4.79 Å². The third-order valence-electron chi connectivity index (χ3n) is 2.94. The summed E-state index contributed by atoms with van der Waals surface area (Å²) in [7, 11) is 3.36. The monoisotopic (exact) mass is 271 g/mol. The molecule has 0 unspecified atom stereocenters. The molecule has 0 aliphatic carbocycles. The number of rotatable bonds is 4. The van der Waals surface area contributed by atoms with Gasteiger partial charge in [-0.15, -0.1) is 0 Å². The summed E-state index contributed by atoms with van der Waals surface area (Å²) in [5.74, 6) is 0.380. The molecule has 0 aromatic heterocycles. The van der Waals surface area contributed by atoms with Crippen LogP contribution in [0.1, 0.15) is 10.4 Å². The standard InChI is InChI=1S/C15H17N3O2/c1-17-13-8-7-10(9-14(13)20-2)15(19)18-12-6-4-3-5-11(12)16/h3-9,17H,16H2,1-2H3,(H,18,19). The number of nitrogens with two attached hydrogens (primary N) is 1. The van der Waals surface area contributed by atoms with Gasteiger partial charge in [0.15, 0.2) is 0 Å². The first-order chi connectivity index (χ1) is 9.65. The minimum absolute atomic E-state index is 0.233. The van der Waals surface area contributed by atoms with Crippen molar-refractivity contribution in [3.05, 3.63) is 48.0 Å². The zero-order valence-electron chi connectivity index (χ0n) is 11.4. The lowest BCUT2D eigenvalue weighted by atomic mass is 10.1. The third kappa shape index (κ3) is 2.83. The second kappa shape index (κ2) is 5.97. The summed E-state index contributed by atoms with van der Waals surface area (Å²) in [5, 5.41) is 5.77. The van der Waals surface area contributed by atoms with Crippen molar-refractivity contribution >= 4 is 23.0 Å². The number of hydrogen-bond acceptors (Lipinski definition) is 4. The van der Waals surface area contributed by atoms with Crippen LogP contribution in [0.4, 0.5) is 17.1 Å². The number of carbonyl (C=O) groups excluding carboxylic acids is 1. The van der Waals surface area contributed by atoms with Crippen molar-refractivity contribution in [3.63, 3.8) is 0 Å². The van der Waals surface area contributed by atoms with Crippen LogP contribution in [0, 0.1) is 0 Å². The highest BCUT2D eigenvalue weighted by Crippen LogP contribution is 2.26. The number of ether oxygens (including phenoxy) is 1. The van der Waals surface area contributed by atoms with Gasteiger partial charge in [0.05, 0.1) is 24.2 Å². The SMILES string of the molecule is CNc1ccc(C(=O)Nc2ccccc2N)cc1OC. The van der Waals surface area contributed by atoms with Crippen LogP contribution in [0.3, 0.4) is 0 Å². The Hall–Kier alpha value is -2.69. The molecule has 0 aliphatic rings. The van der Waals surface area contributed by atoms with Crippen LogP contribution in [0.25, 0.3) is 0 Å². The van der Waals surface area contributed by atoms with Crippen molar-refractivity contribution in [2.75, 3.05) is 30.5 Å². The zero-order valence-corrected chi connectivity index (χ0v) is 11.4. The van der Waals surface area contributed by atoms with Crippen LogP contribution >= 0.6 is 0 Å². The maximum absolute atomic E-state index is 12.2. The van der Waals surface area contributed by atoms with Gasteiger partial charge in [-0.1, -0.05) is 12.1 Å². The van der Waals surface area contributed by atoms with Crippen molar-refractivity contribution in [1.82, 2.24) is 0 Å². The molecule has 2 aromatic carbocycles. The lowest BCUT2D eigenvalue weighted by Gasteiger charge is -2.11. The van der Waals surface area contributed by atoms with Gasteiger partial charge in [0.25, 0.3) is 5.91 Å². The number of anilines is 3. The molecule has 104 valence electrons. The number of hydrogen-bond donors (Lipinski definition) is 3. The van der Waals surface area contributed by atoms with Crippen molar-refractivity contribution in [3.8, 4) is 5.75 Å². The largest absolute Gasteiger partial charge is 0.495 e. The third-order valence-corrected chi connectivity index (χ3v) is 2.94. The Bertz CT molecular complexity index is 626. The molecular weight excluding hydrogens is 254 g/mol. The van der Waals surface area contributed by atoms with Gasteiger partial charge in [0, 0.05) is 12.6 Å². The Balaban J connectivity index is 2.24. The molecule has 1 amide bonds. The molecule has 5 heteroatoms. The number of methoxy groups -OCH3 is 1. The first-order valence-corrected chi connectivity index (χ1v) is 6.17. The molecule has 0 spiro atoms. The van der Waals surface area contributed by atoms with Crippen LogP contribution in [0.5, 0.6) is 5.75 Å². The van der Waals surface area contributed by atoms with Gasteiger partial charge in [-0.2, -0.15) is 0 Å². The fourth-order valence-corrected chi connectivity index (χ4v) is 1.84. The Morgan fingerprint density at radius 2 is 1.90 bits per heavy atom. The molecule has 0 bridgehead atoms. The molecule has 4 N–H and O–H groups in total. The van der Waals surface area contributed by atoms with Crippen molar-refractivity contribution in [2.24, 2.45) is 0 Å². The summed E-state index contributed by atoms with van der Waals surface area (Å²) in [6.07, 6.45) is 0. The van der Waals surface area contributed by atoms with Gasteiger partial charge >= 0.3 is 0 Å². The Labute approximate surface area is 117 Å². The van der Waals surface area contributed by atoms with E-state index in [1.165, 1.54) is 0 Å². The van der Waals surface area contributed by atoms with Crippen LogP contribution in [-0.4, -0.2) is 20.1 Å². The van der Waals surface area contributed by atoms with Crippen molar-refractivity contribution in [2.45, 2.75) is 0 Å². The number of nitrogens with one attached hydrogen (secondary N) is 2. The fraction of sp³-hybridized carbons (Fsp3) is 0.133. The second-order valence-electron chi connectivity index (χ2n) is 4.21. The summed E-state index contributed by atoms with van der Waals surface area (Å²) in [6, 6.07) is 12.3. The van der Waals surface area contributed by atoms with Crippen molar-refractivity contribution < 1.29 is 9.53 Å². The molecular formula is C15H17N3O2. The Kier molecular flexibility index (Phi) is 4.10. The second-order valence-corrected chi connectivity index (χ2v) is 4.21. The normalized spacial score (nSPS) is 9.90. The lowest BCUT2D eigenvalue weighted by Crippen LogP contribution is -2.13. The molecule has 2 rings (SSSR count). The summed E-state index contributed by atoms with van der Waals surface area (Å²) in [4.78, 5) is 12.2. The summed E-state index contributed by atoms with van der Waals surface area (Å²) < 4.78 is 5.23. The van der Waals surface area contributed by atoms with E-state index in [1.54, 1.807) is 44.5 Å². The average molecular weight is 271 g/mol. The van der Waals surface area contributed by atoms with E-state index in [0.29, 0.717) is 22.7 Å². The predicted octanol–water partition coefficient (Wildman–Crippen LogP) is 2.57. The molecule has 0 atom stereocenters. The Morgan fingerprint density at radius 3 is 2.55 bits per heavy atom. The van der Waals surface area contributed by atoms with Gasteiger partial charge in [-0.05, 0) is 30.3 Å². The van der Waals surface area contributed by atoms with Crippen molar-refractivity contribution in [1.29, 1.82) is 0 Å². The maximum Gasteiger partial charge on any atom is 0.255 e. The molecule has 2 aromatic rings. The molecule has 5 nitrogen and oxygen atoms in total. The van der Waals surface area contributed by atoms with Crippen LogP contribution in [-0.2, 0) is 0 Å². The first-order valence-electron chi connectivity index (χ1n) is 6.17. The smallest absolute Gasteiger partial charge is 0.255 e. The first kappa shape index (κ1) is 13.7. The van der Waals surface area contributed by atoms with E-state index in [4.69, 9.17) is 10.5 Å². The highest BCUT2D eigenvalue weighted by atomic mass is 16.5. The predicted molar refractivity (Wildman–Crippen MR) is 81.3 cm³/mol. The minimum Gasteiger partial charge on any atom is -0.495 e. The number of para-hydroxylation sites is 2. The molecule has 0 heterocycles. The minimum atomic E-state index is -0.233. The van der Waals surface area contributed by atoms with Gasteiger partial charge < -0.3 is 21.1 Å². The average Bonchev–Trinajstić information content (AvgIpc) is 2.48. The van der Waals surface area contributed by atoms with E-state index in [9.17, 15) is 4.79 Å². The lowest BCUT2D eigenvalue weighted by molar-refractivity contribution is 0.102. The topological polar surface area (TPSA) is 76.4 Å². The highest BCUT2D eigenvalue weighted by molar-refractivity contribution is 6.06. The van der Waals surface area contributed by atoms with E-state index in [1.807, 2.05) is 12.1 Å².